The number of rotatable bonds is 10. The van der Waals surface area contributed by atoms with Crippen LogP contribution in [0.1, 0.15) is 30.7 Å². The fourth-order valence-electron chi connectivity index (χ4n) is 4.29. The molecule has 0 spiro atoms. The number of carbonyl (C=O) groups is 1. The summed E-state index contributed by atoms with van der Waals surface area (Å²) in [4.78, 5) is 19.4. The van der Waals surface area contributed by atoms with Crippen LogP contribution >= 0.6 is 11.6 Å². The van der Waals surface area contributed by atoms with Crippen molar-refractivity contribution < 1.29 is 18.8 Å². The second-order valence-electron chi connectivity index (χ2n) is 8.66. The number of aromatic nitrogens is 2. The van der Waals surface area contributed by atoms with Gasteiger partial charge in [0.1, 0.15) is 0 Å². The number of nitrogens with one attached hydrogen (secondary N) is 1. The average molecular weight is 499 g/mol. The SMILES string of the molecule is COc1ccc(CCCNC(=O)C2CCN(Cc3nc(-c4cccc(Cl)c4)no3)CC2)cc1OC. The van der Waals surface area contributed by atoms with Gasteiger partial charge in [-0.15, -0.1) is 0 Å². The van der Waals surface area contributed by atoms with E-state index in [4.69, 9.17) is 25.6 Å². The van der Waals surface area contributed by atoms with Crippen LogP contribution in [0.2, 0.25) is 5.02 Å². The Morgan fingerprint density at radius 1 is 1.14 bits per heavy atom. The van der Waals surface area contributed by atoms with Gasteiger partial charge in [-0.2, -0.15) is 4.98 Å². The van der Waals surface area contributed by atoms with E-state index in [0.29, 0.717) is 29.8 Å². The Morgan fingerprint density at radius 2 is 1.94 bits per heavy atom. The maximum Gasteiger partial charge on any atom is 0.241 e. The summed E-state index contributed by atoms with van der Waals surface area (Å²) in [5.74, 6) is 2.72. The summed E-state index contributed by atoms with van der Waals surface area (Å²) in [7, 11) is 3.26. The molecule has 186 valence electrons. The molecule has 35 heavy (non-hydrogen) atoms. The van der Waals surface area contributed by atoms with Gasteiger partial charge in [-0.3, -0.25) is 9.69 Å². The van der Waals surface area contributed by atoms with E-state index in [2.05, 4.69) is 20.4 Å². The third-order valence-corrected chi connectivity index (χ3v) is 6.49. The number of hydrogen-bond donors (Lipinski definition) is 1. The molecule has 4 rings (SSSR count). The van der Waals surface area contributed by atoms with Crippen molar-refractivity contribution in [3.8, 4) is 22.9 Å². The average Bonchev–Trinajstić information content (AvgIpc) is 3.35. The van der Waals surface area contributed by atoms with E-state index in [9.17, 15) is 4.79 Å². The number of benzene rings is 2. The number of amides is 1. The summed E-state index contributed by atoms with van der Waals surface area (Å²) in [6.45, 7) is 2.87. The molecule has 3 aromatic rings. The number of likely N-dealkylation sites (tertiary alicyclic amines) is 1. The van der Waals surface area contributed by atoms with E-state index in [1.807, 2.05) is 42.5 Å². The summed E-state index contributed by atoms with van der Waals surface area (Å²) in [6, 6.07) is 13.3. The molecule has 0 bridgehead atoms. The Morgan fingerprint density at radius 3 is 2.69 bits per heavy atom. The van der Waals surface area contributed by atoms with Crippen molar-refractivity contribution in [2.24, 2.45) is 5.92 Å². The van der Waals surface area contributed by atoms with Crippen molar-refractivity contribution in [2.45, 2.75) is 32.2 Å². The maximum absolute atomic E-state index is 12.6. The number of aryl methyl sites for hydroxylation is 1. The normalized spacial score (nSPS) is 14.6. The standard InChI is InChI=1S/C26H31ClN4O4/c1-33-22-9-8-18(15-23(22)34-2)5-4-12-28-26(32)19-10-13-31(14-11-19)17-24-29-25(30-35-24)20-6-3-7-21(27)16-20/h3,6-9,15-16,19H,4-5,10-14,17H2,1-2H3,(H,28,32). The number of methoxy groups -OCH3 is 2. The van der Waals surface area contributed by atoms with Crippen molar-refractivity contribution in [1.29, 1.82) is 0 Å². The predicted molar refractivity (Wildman–Crippen MR) is 134 cm³/mol. The molecular weight excluding hydrogens is 468 g/mol. The smallest absolute Gasteiger partial charge is 0.241 e. The quantitative estimate of drug-likeness (QED) is 0.415. The molecule has 1 aliphatic rings. The molecule has 0 unspecified atom stereocenters. The van der Waals surface area contributed by atoms with Gasteiger partial charge in [0.15, 0.2) is 11.5 Å². The van der Waals surface area contributed by atoms with E-state index in [0.717, 1.165) is 61.4 Å². The molecule has 0 radical (unpaired) electrons. The second kappa shape index (κ2) is 12.0. The Labute approximate surface area is 210 Å². The summed E-state index contributed by atoms with van der Waals surface area (Å²) < 4.78 is 16.1. The lowest BCUT2D eigenvalue weighted by atomic mass is 9.96. The van der Waals surface area contributed by atoms with E-state index < -0.39 is 0 Å². The molecule has 1 amide bonds. The minimum Gasteiger partial charge on any atom is -0.493 e. The molecule has 0 saturated carbocycles. The minimum atomic E-state index is 0.0389. The maximum atomic E-state index is 12.6. The van der Waals surface area contributed by atoms with Gasteiger partial charge >= 0.3 is 0 Å². The topological polar surface area (TPSA) is 89.7 Å². The predicted octanol–water partition coefficient (Wildman–Crippen LogP) is 4.37. The molecule has 0 atom stereocenters. The highest BCUT2D eigenvalue weighted by Gasteiger charge is 2.25. The van der Waals surface area contributed by atoms with Crippen LogP contribution in [0.3, 0.4) is 0 Å². The number of nitrogens with zero attached hydrogens (tertiary/aromatic N) is 3. The minimum absolute atomic E-state index is 0.0389. The number of halogens is 1. The fraction of sp³-hybridized carbons (Fsp3) is 0.423. The van der Waals surface area contributed by atoms with Gasteiger partial charge in [0.25, 0.3) is 0 Å². The molecule has 1 aromatic heterocycles. The van der Waals surface area contributed by atoms with Gasteiger partial charge in [-0.1, -0.05) is 35.0 Å². The van der Waals surface area contributed by atoms with Crippen molar-refractivity contribution in [3.63, 3.8) is 0 Å². The Bertz CT molecular complexity index is 1130. The van der Waals surface area contributed by atoms with E-state index >= 15 is 0 Å². The molecular formula is C26H31ClN4O4. The molecule has 0 aliphatic carbocycles. The van der Waals surface area contributed by atoms with Crippen LogP contribution in [0, 0.1) is 5.92 Å². The van der Waals surface area contributed by atoms with Gasteiger partial charge in [-0.05, 0) is 68.6 Å². The molecule has 2 aromatic carbocycles. The lowest BCUT2D eigenvalue weighted by Gasteiger charge is -2.30. The highest BCUT2D eigenvalue weighted by Crippen LogP contribution is 2.28. The van der Waals surface area contributed by atoms with E-state index in [1.165, 1.54) is 0 Å². The Balaban J connectivity index is 1.17. The van der Waals surface area contributed by atoms with Gasteiger partial charge < -0.3 is 19.3 Å². The second-order valence-corrected chi connectivity index (χ2v) is 9.09. The molecule has 2 heterocycles. The number of carbonyl (C=O) groups excluding carboxylic acids is 1. The van der Waals surface area contributed by atoms with Crippen LogP contribution in [0.5, 0.6) is 11.5 Å². The molecule has 9 heteroatoms. The molecule has 1 aliphatic heterocycles. The molecule has 1 fully saturated rings. The van der Waals surface area contributed by atoms with E-state index in [-0.39, 0.29) is 11.8 Å². The van der Waals surface area contributed by atoms with Gasteiger partial charge in [0, 0.05) is 23.0 Å². The summed E-state index contributed by atoms with van der Waals surface area (Å²) in [5.41, 5.74) is 1.98. The molecule has 8 nitrogen and oxygen atoms in total. The lowest BCUT2D eigenvalue weighted by Crippen LogP contribution is -2.40. The number of piperidine rings is 1. The zero-order chi connectivity index (χ0) is 24.6. The van der Waals surface area contributed by atoms with E-state index in [1.54, 1.807) is 14.2 Å². The van der Waals surface area contributed by atoms with Crippen LogP contribution in [0.15, 0.2) is 47.0 Å². The van der Waals surface area contributed by atoms with Crippen LogP contribution < -0.4 is 14.8 Å². The first-order valence-electron chi connectivity index (χ1n) is 11.8. The van der Waals surface area contributed by atoms with Crippen LogP contribution in [0.25, 0.3) is 11.4 Å². The Hall–Kier alpha value is -3.10. The van der Waals surface area contributed by atoms with Crippen LogP contribution in [-0.4, -0.2) is 54.8 Å². The van der Waals surface area contributed by atoms with Crippen LogP contribution in [0.4, 0.5) is 0 Å². The third kappa shape index (κ3) is 6.74. The number of hydrogen-bond acceptors (Lipinski definition) is 7. The Kier molecular flexibility index (Phi) is 8.60. The zero-order valence-electron chi connectivity index (χ0n) is 20.1. The van der Waals surface area contributed by atoms with Gasteiger partial charge in [0.05, 0.1) is 20.8 Å². The summed E-state index contributed by atoms with van der Waals surface area (Å²) in [6.07, 6.45) is 3.36. The highest BCUT2D eigenvalue weighted by molar-refractivity contribution is 6.30. The summed E-state index contributed by atoms with van der Waals surface area (Å²) >= 11 is 6.05. The highest BCUT2D eigenvalue weighted by atomic mass is 35.5. The largest absolute Gasteiger partial charge is 0.493 e. The van der Waals surface area contributed by atoms with Crippen molar-refractivity contribution >= 4 is 17.5 Å². The first-order valence-corrected chi connectivity index (χ1v) is 12.2. The molecule has 1 saturated heterocycles. The molecule has 1 N–H and O–H groups in total. The number of ether oxygens (including phenoxy) is 2. The van der Waals surface area contributed by atoms with Crippen molar-refractivity contribution in [3.05, 3.63) is 58.9 Å². The monoisotopic (exact) mass is 498 g/mol. The van der Waals surface area contributed by atoms with Gasteiger partial charge in [-0.25, -0.2) is 0 Å². The summed E-state index contributed by atoms with van der Waals surface area (Å²) in [5, 5.41) is 7.80. The lowest BCUT2D eigenvalue weighted by molar-refractivity contribution is -0.126. The van der Waals surface area contributed by atoms with Gasteiger partial charge in [0.2, 0.25) is 17.6 Å². The van der Waals surface area contributed by atoms with Crippen molar-refractivity contribution in [1.82, 2.24) is 20.4 Å². The third-order valence-electron chi connectivity index (χ3n) is 6.26. The first kappa shape index (κ1) is 25.0. The fourth-order valence-corrected chi connectivity index (χ4v) is 4.48. The van der Waals surface area contributed by atoms with Crippen LogP contribution in [-0.2, 0) is 17.8 Å². The van der Waals surface area contributed by atoms with Crippen molar-refractivity contribution in [2.75, 3.05) is 33.9 Å². The zero-order valence-corrected chi connectivity index (χ0v) is 20.9. The first-order chi connectivity index (χ1) is 17.1.